The molecule has 5 rings (SSSR count). The van der Waals surface area contributed by atoms with E-state index in [1.165, 1.54) is 4.90 Å². The number of nitrogens with zero attached hydrogens (tertiary/aromatic N) is 2. The number of cyclic esters (lactones) is 1. The smallest absolute Gasteiger partial charge is 0.312 e. The van der Waals surface area contributed by atoms with Crippen molar-refractivity contribution in [1.82, 2.24) is 9.80 Å². The Morgan fingerprint density at radius 3 is 2.65 bits per heavy atom. The molecule has 1 aromatic carbocycles. The van der Waals surface area contributed by atoms with Crippen molar-refractivity contribution in [2.45, 2.75) is 63.4 Å². The van der Waals surface area contributed by atoms with Crippen LogP contribution in [-0.4, -0.2) is 76.2 Å². The number of rotatable bonds is 6. The fourth-order valence-electron chi connectivity index (χ4n) is 6.36. The predicted octanol–water partition coefficient (Wildman–Crippen LogP) is 2.47. The molecule has 0 aromatic heterocycles. The van der Waals surface area contributed by atoms with E-state index >= 15 is 0 Å². The molecular formula is C29H36N2O6. The van der Waals surface area contributed by atoms with E-state index in [1.807, 2.05) is 68.5 Å². The summed E-state index contributed by atoms with van der Waals surface area (Å²) < 4.78 is 12.2. The van der Waals surface area contributed by atoms with Gasteiger partial charge < -0.3 is 24.4 Å². The Bertz CT molecular complexity index is 1090. The lowest BCUT2D eigenvalue weighted by Crippen LogP contribution is -2.59. The summed E-state index contributed by atoms with van der Waals surface area (Å²) >= 11 is 0. The molecule has 0 aliphatic carbocycles. The van der Waals surface area contributed by atoms with Gasteiger partial charge in [0.25, 0.3) is 0 Å². The predicted molar refractivity (Wildman–Crippen MR) is 136 cm³/mol. The van der Waals surface area contributed by atoms with Crippen LogP contribution in [0.1, 0.15) is 38.7 Å². The standard InChI is InChI=1S/C29H36N2O6/c1-3-19(2)21(18-32)31-25-27(34)30(17-20-11-6-4-7-12-20)15-10-14-29(25)24(26(31)33)23-22(37-29)13-8-5-9-16-36-28(23)35/h4,6-8,10-14,19,21-25,32H,3,5,9,15-18H2,1-2H3/b13-8-/t19-,21-,22+,23-,24-,25?,29-/m0/s1. The number of hydrogen-bond acceptors (Lipinski definition) is 6. The van der Waals surface area contributed by atoms with Crippen molar-refractivity contribution < 1.29 is 29.0 Å². The quantitative estimate of drug-likeness (QED) is 0.469. The van der Waals surface area contributed by atoms with Gasteiger partial charge in [-0.05, 0) is 24.3 Å². The fraction of sp³-hybridized carbons (Fsp3) is 0.552. The first-order valence-corrected chi connectivity index (χ1v) is 13.4. The highest BCUT2D eigenvalue weighted by Gasteiger charge is 2.72. The Kier molecular flexibility index (Phi) is 7.23. The Labute approximate surface area is 217 Å². The second kappa shape index (κ2) is 10.4. The first kappa shape index (κ1) is 25.7. The van der Waals surface area contributed by atoms with Gasteiger partial charge in [0.15, 0.2) is 0 Å². The first-order valence-electron chi connectivity index (χ1n) is 13.4. The average molecular weight is 509 g/mol. The van der Waals surface area contributed by atoms with Gasteiger partial charge in [0.05, 0.1) is 31.3 Å². The Morgan fingerprint density at radius 2 is 1.92 bits per heavy atom. The van der Waals surface area contributed by atoms with Crippen LogP contribution in [0.15, 0.2) is 54.6 Å². The van der Waals surface area contributed by atoms with Crippen LogP contribution in [0.3, 0.4) is 0 Å². The van der Waals surface area contributed by atoms with Crippen molar-refractivity contribution in [1.29, 1.82) is 0 Å². The molecule has 198 valence electrons. The summed E-state index contributed by atoms with van der Waals surface area (Å²) in [4.78, 5) is 45.2. The van der Waals surface area contributed by atoms with Gasteiger partial charge in [-0.15, -0.1) is 0 Å². The van der Waals surface area contributed by atoms with Crippen LogP contribution in [-0.2, 0) is 30.4 Å². The van der Waals surface area contributed by atoms with Crippen LogP contribution < -0.4 is 0 Å². The highest BCUT2D eigenvalue weighted by atomic mass is 16.6. The molecule has 7 atom stereocenters. The van der Waals surface area contributed by atoms with E-state index in [0.29, 0.717) is 19.5 Å². The van der Waals surface area contributed by atoms with Crippen molar-refractivity contribution in [3.05, 3.63) is 60.2 Å². The molecule has 0 saturated carbocycles. The molecule has 1 spiro atoms. The van der Waals surface area contributed by atoms with Crippen LogP contribution in [0.4, 0.5) is 0 Å². The maximum atomic E-state index is 14.3. The molecule has 1 aromatic rings. The van der Waals surface area contributed by atoms with E-state index in [9.17, 15) is 19.5 Å². The summed E-state index contributed by atoms with van der Waals surface area (Å²) in [6, 6.07) is 8.14. The molecule has 2 amide bonds. The maximum Gasteiger partial charge on any atom is 0.312 e. The van der Waals surface area contributed by atoms with Gasteiger partial charge in [-0.3, -0.25) is 14.4 Å². The summed E-state index contributed by atoms with van der Waals surface area (Å²) in [6.45, 7) is 4.69. The topological polar surface area (TPSA) is 96.4 Å². The second-order valence-corrected chi connectivity index (χ2v) is 10.6. The van der Waals surface area contributed by atoms with Gasteiger partial charge in [-0.2, -0.15) is 0 Å². The number of likely N-dealkylation sites (tertiary alicyclic amines) is 1. The number of fused-ring (bicyclic) bond motifs is 2. The monoisotopic (exact) mass is 508 g/mol. The van der Waals surface area contributed by atoms with Gasteiger partial charge in [-0.1, -0.05) is 74.9 Å². The molecule has 1 N–H and O–H groups in total. The van der Waals surface area contributed by atoms with Crippen LogP contribution >= 0.6 is 0 Å². The van der Waals surface area contributed by atoms with Crippen molar-refractivity contribution in [2.24, 2.45) is 17.8 Å². The minimum Gasteiger partial charge on any atom is -0.465 e. The number of benzene rings is 1. The van der Waals surface area contributed by atoms with E-state index in [-0.39, 0.29) is 30.9 Å². The summed E-state index contributed by atoms with van der Waals surface area (Å²) in [5.41, 5.74) is -0.344. The molecule has 4 aliphatic heterocycles. The summed E-state index contributed by atoms with van der Waals surface area (Å²) in [5, 5.41) is 10.4. The first-order chi connectivity index (χ1) is 17.9. The van der Waals surface area contributed by atoms with E-state index < -0.39 is 41.6 Å². The van der Waals surface area contributed by atoms with Crippen LogP contribution in [0, 0.1) is 17.8 Å². The zero-order chi connectivity index (χ0) is 26.2. The molecule has 0 radical (unpaired) electrons. The van der Waals surface area contributed by atoms with Crippen molar-refractivity contribution in [3.63, 3.8) is 0 Å². The van der Waals surface area contributed by atoms with Gasteiger partial charge in [-0.25, -0.2) is 0 Å². The number of allylic oxidation sites excluding steroid dienone is 1. The number of carbonyl (C=O) groups excluding carboxylic acids is 3. The van der Waals surface area contributed by atoms with E-state index in [2.05, 4.69) is 0 Å². The largest absolute Gasteiger partial charge is 0.465 e. The van der Waals surface area contributed by atoms with Gasteiger partial charge in [0.1, 0.15) is 17.6 Å². The Hall–Kier alpha value is -2.97. The molecule has 0 bridgehead atoms. The van der Waals surface area contributed by atoms with Crippen LogP contribution in [0.5, 0.6) is 0 Å². The van der Waals surface area contributed by atoms with Crippen molar-refractivity contribution in [3.8, 4) is 0 Å². The Balaban J connectivity index is 1.61. The molecule has 2 fully saturated rings. The lowest BCUT2D eigenvalue weighted by molar-refractivity contribution is -0.157. The fourth-order valence-corrected chi connectivity index (χ4v) is 6.36. The van der Waals surface area contributed by atoms with E-state index in [1.54, 1.807) is 4.90 Å². The highest BCUT2D eigenvalue weighted by Crippen LogP contribution is 2.54. The lowest BCUT2D eigenvalue weighted by atomic mass is 9.78. The lowest BCUT2D eigenvalue weighted by Gasteiger charge is -2.40. The molecule has 4 heterocycles. The summed E-state index contributed by atoms with van der Waals surface area (Å²) in [7, 11) is 0. The third-order valence-electron chi connectivity index (χ3n) is 8.43. The van der Waals surface area contributed by atoms with E-state index in [0.717, 1.165) is 18.4 Å². The van der Waals surface area contributed by atoms with Gasteiger partial charge in [0, 0.05) is 13.1 Å². The summed E-state index contributed by atoms with van der Waals surface area (Å²) in [5.74, 6) is -2.87. The maximum absolute atomic E-state index is 14.3. The molecule has 37 heavy (non-hydrogen) atoms. The number of ether oxygens (including phenoxy) is 2. The minimum atomic E-state index is -1.32. The number of aliphatic hydroxyl groups excluding tert-OH is 1. The Morgan fingerprint density at radius 1 is 1.14 bits per heavy atom. The van der Waals surface area contributed by atoms with Crippen molar-refractivity contribution in [2.75, 3.05) is 19.8 Å². The molecular weight excluding hydrogens is 472 g/mol. The number of esters is 1. The molecule has 8 heteroatoms. The molecule has 2 saturated heterocycles. The normalized spacial score (nSPS) is 33.9. The molecule has 4 aliphatic rings. The number of aliphatic hydroxyl groups is 1. The summed E-state index contributed by atoms with van der Waals surface area (Å²) in [6.07, 6.45) is 9.01. The third kappa shape index (κ3) is 4.30. The minimum absolute atomic E-state index is 0.0596. The van der Waals surface area contributed by atoms with Crippen LogP contribution in [0.2, 0.25) is 0 Å². The van der Waals surface area contributed by atoms with Crippen LogP contribution in [0.25, 0.3) is 0 Å². The second-order valence-electron chi connectivity index (χ2n) is 10.6. The number of carbonyl (C=O) groups is 3. The third-order valence-corrected chi connectivity index (χ3v) is 8.43. The zero-order valence-corrected chi connectivity index (χ0v) is 21.5. The average Bonchev–Trinajstić information content (AvgIpc) is 3.32. The SMILES string of the molecule is CC[C@H](C)[C@H](CO)N1C(=O)[C@@H]2[C@H]3C(=O)OCCC/C=C\[C@H]3O[C@@]23C=CCN(Cc2ccccc2)C(=O)C13. The number of hydrogen-bond donors (Lipinski definition) is 1. The number of amides is 2. The highest BCUT2D eigenvalue weighted by molar-refractivity contribution is 5.99. The zero-order valence-electron chi connectivity index (χ0n) is 21.5. The van der Waals surface area contributed by atoms with E-state index in [4.69, 9.17) is 9.47 Å². The molecule has 1 unspecified atom stereocenters. The van der Waals surface area contributed by atoms with Gasteiger partial charge >= 0.3 is 5.97 Å². The molecule has 8 nitrogen and oxygen atoms in total. The van der Waals surface area contributed by atoms with Gasteiger partial charge in [0.2, 0.25) is 11.8 Å². The van der Waals surface area contributed by atoms with Crippen molar-refractivity contribution >= 4 is 17.8 Å².